The van der Waals surface area contributed by atoms with E-state index < -0.39 is 15.1 Å². The van der Waals surface area contributed by atoms with E-state index in [1.165, 1.54) is 6.07 Å². The Morgan fingerprint density at radius 3 is 2.64 bits per heavy atom. The predicted octanol–water partition coefficient (Wildman–Crippen LogP) is 1.69. The molecule has 1 atom stereocenters. The van der Waals surface area contributed by atoms with Gasteiger partial charge in [0, 0.05) is 19.1 Å². The van der Waals surface area contributed by atoms with Gasteiger partial charge in [-0.05, 0) is 45.9 Å². The van der Waals surface area contributed by atoms with Gasteiger partial charge in [0.15, 0.2) is 9.84 Å². The second kappa shape index (κ2) is 6.79. The van der Waals surface area contributed by atoms with Crippen LogP contribution in [-0.4, -0.2) is 50.7 Å². The number of nitrogens with one attached hydrogen (secondary N) is 1. The van der Waals surface area contributed by atoms with Gasteiger partial charge in [-0.3, -0.25) is 4.79 Å². The lowest BCUT2D eigenvalue weighted by Gasteiger charge is -2.33. The molecule has 1 aliphatic rings. The van der Waals surface area contributed by atoms with E-state index in [-0.39, 0.29) is 22.4 Å². The summed E-state index contributed by atoms with van der Waals surface area (Å²) >= 11 is 0. The van der Waals surface area contributed by atoms with Crippen LogP contribution in [0, 0.1) is 0 Å². The van der Waals surface area contributed by atoms with Crippen molar-refractivity contribution in [1.82, 2.24) is 10.2 Å². The van der Waals surface area contributed by atoms with Crippen molar-refractivity contribution < 1.29 is 13.2 Å². The first-order valence-electron chi connectivity index (χ1n) is 7.67. The van der Waals surface area contributed by atoms with E-state index in [2.05, 4.69) is 5.32 Å². The number of likely N-dealkylation sites (N-methyl/N-ethyl adjacent to an activating group) is 1. The molecule has 2 rings (SSSR count). The first kappa shape index (κ1) is 17.0. The van der Waals surface area contributed by atoms with Gasteiger partial charge in [0.1, 0.15) is 0 Å². The Morgan fingerprint density at radius 2 is 2.00 bits per heavy atom. The van der Waals surface area contributed by atoms with E-state index >= 15 is 0 Å². The molecule has 0 bridgehead atoms. The number of hydrogen-bond acceptors (Lipinski definition) is 4. The Labute approximate surface area is 132 Å². The molecule has 0 saturated carbocycles. The molecule has 122 valence electrons. The van der Waals surface area contributed by atoms with Gasteiger partial charge in [0.05, 0.1) is 15.7 Å². The van der Waals surface area contributed by atoms with Gasteiger partial charge in [0.2, 0.25) is 0 Å². The minimum absolute atomic E-state index is 0.140. The summed E-state index contributed by atoms with van der Waals surface area (Å²) in [5, 5.41) is 2.64. The van der Waals surface area contributed by atoms with Crippen LogP contribution in [0.2, 0.25) is 0 Å². The highest BCUT2D eigenvalue weighted by Crippen LogP contribution is 2.23. The number of nitrogens with zero attached hydrogens (tertiary/aromatic N) is 1. The molecule has 22 heavy (non-hydrogen) atoms. The summed E-state index contributed by atoms with van der Waals surface area (Å²) in [5.74, 6) is -0.195. The zero-order valence-electron chi connectivity index (χ0n) is 13.4. The Morgan fingerprint density at radius 1 is 1.32 bits per heavy atom. The number of amides is 1. The average Bonchev–Trinajstić information content (AvgIpc) is 2.54. The maximum absolute atomic E-state index is 12.8. The minimum Gasteiger partial charge on any atom is -0.337 e. The Hall–Kier alpha value is -1.40. The summed E-state index contributed by atoms with van der Waals surface area (Å²) in [5.41, 5.74) is 0.285. The van der Waals surface area contributed by atoms with Gasteiger partial charge in [-0.2, -0.15) is 0 Å². The fraction of sp³-hybridized carbons (Fsp3) is 0.562. The van der Waals surface area contributed by atoms with Crippen LogP contribution in [0.4, 0.5) is 0 Å². The SMILES string of the molecule is CN[C@@H]1CCCN(C(=O)c2ccccc2S(=O)(=O)C(C)C)C1. The molecule has 0 unspecified atom stereocenters. The van der Waals surface area contributed by atoms with Gasteiger partial charge in [-0.1, -0.05) is 12.1 Å². The molecule has 1 fully saturated rings. The average molecular weight is 324 g/mol. The van der Waals surface area contributed by atoms with Crippen LogP contribution in [-0.2, 0) is 9.84 Å². The highest BCUT2D eigenvalue weighted by atomic mass is 32.2. The monoisotopic (exact) mass is 324 g/mol. The lowest BCUT2D eigenvalue weighted by molar-refractivity contribution is 0.0694. The van der Waals surface area contributed by atoms with Crippen LogP contribution in [0.5, 0.6) is 0 Å². The molecule has 1 N–H and O–H groups in total. The molecule has 1 aromatic carbocycles. The van der Waals surface area contributed by atoms with Crippen LogP contribution < -0.4 is 5.32 Å². The third-order valence-electron chi connectivity index (χ3n) is 4.16. The smallest absolute Gasteiger partial charge is 0.255 e. The molecular weight excluding hydrogens is 300 g/mol. The second-order valence-corrected chi connectivity index (χ2v) is 8.44. The van der Waals surface area contributed by atoms with E-state index in [4.69, 9.17) is 0 Å². The molecule has 0 radical (unpaired) electrons. The standard InChI is InChI=1S/C16H24N2O3S/c1-12(2)22(20,21)15-9-5-4-8-14(15)16(19)18-10-6-7-13(11-18)17-3/h4-5,8-9,12-13,17H,6-7,10-11H2,1-3H3/t13-/m1/s1. The molecule has 1 aliphatic heterocycles. The number of piperidine rings is 1. The molecule has 1 heterocycles. The van der Waals surface area contributed by atoms with Crippen LogP contribution in [0.25, 0.3) is 0 Å². The van der Waals surface area contributed by atoms with E-state index in [9.17, 15) is 13.2 Å². The Bertz CT molecular complexity index is 641. The molecular formula is C16H24N2O3S. The van der Waals surface area contributed by atoms with Crippen LogP contribution in [0.1, 0.15) is 37.0 Å². The molecule has 0 spiro atoms. The van der Waals surface area contributed by atoms with Crippen molar-refractivity contribution in [1.29, 1.82) is 0 Å². The summed E-state index contributed by atoms with van der Waals surface area (Å²) < 4.78 is 25.0. The first-order chi connectivity index (χ1) is 10.4. The van der Waals surface area contributed by atoms with Crippen molar-refractivity contribution >= 4 is 15.7 Å². The van der Waals surface area contributed by atoms with E-state index in [1.807, 2.05) is 7.05 Å². The van der Waals surface area contributed by atoms with Gasteiger partial charge in [0.25, 0.3) is 5.91 Å². The van der Waals surface area contributed by atoms with Crippen molar-refractivity contribution in [2.75, 3.05) is 20.1 Å². The lowest BCUT2D eigenvalue weighted by Crippen LogP contribution is -2.47. The maximum atomic E-state index is 12.8. The van der Waals surface area contributed by atoms with E-state index in [1.54, 1.807) is 36.9 Å². The number of carbonyl (C=O) groups is 1. The van der Waals surface area contributed by atoms with Crippen molar-refractivity contribution in [2.45, 2.75) is 42.9 Å². The summed E-state index contributed by atoms with van der Waals surface area (Å²) in [4.78, 5) is 14.7. The molecule has 1 saturated heterocycles. The highest BCUT2D eigenvalue weighted by molar-refractivity contribution is 7.92. The molecule has 5 nitrogen and oxygen atoms in total. The lowest BCUT2D eigenvalue weighted by atomic mass is 10.0. The van der Waals surface area contributed by atoms with Crippen molar-refractivity contribution in [3.8, 4) is 0 Å². The molecule has 1 aromatic rings. The van der Waals surface area contributed by atoms with E-state index in [0.29, 0.717) is 13.1 Å². The van der Waals surface area contributed by atoms with Gasteiger partial charge in [-0.15, -0.1) is 0 Å². The predicted molar refractivity (Wildman–Crippen MR) is 86.7 cm³/mol. The third kappa shape index (κ3) is 3.33. The van der Waals surface area contributed by atoms with Gasteiger partial charge < -0.3 is 10.2 Å². The van der Waals surface area contributed by atoms with Crippen molar-refractivity contribution in [2.24, 2.45) is 0 Å². The summed E-state index contributed by atoms with van der Waals surface area (Å²) in [6.45, 7) is 4.56. The quantitative estimate of drug-likeness (QED) is 0.915. The third-order valence-corrected chi connectivity index (χ3v) is 6.37. The summed E-state index contributed by atoms with van der Waals surface area (Å²) in [7, 11) is -1.59. The number of sulfone groups is 1. The number of rotatable bonds is 4. The van der Waals surface area contributed by atoms with Gasteiger partial charge in [-0.25, -0.2) is 8.42 Å². The van der Waals surface area contributed by atoms with Crippen molar-refractivity contribution in [3.63, 3.8) is 0 Å². The van der Waals surface area contributed by atoms with Gasteiger partial charge >= 0.3 is 0 Å². The Kier molecular flexibility index (Phi) is 5.24. The number of benzene rings is 1. The first-order valence-corrected chi connectivity index (χ1v) is 9.22. The Balaban J connectivity index is 2.35. The summed E-state index contributed by atoms with van der Waals surface area (Å²) in [6, 6.07) is 6.79. The van der Waals surface area contributed by atoms with E-state index in [0.717, 1.165) is 12.8 Å². The number of likely N-dealkylation sites (tertiary alicyclic amines) is 1. The fourth-order valence-electron chi connectivity index (χ4n) is 2.71. The molecule has 6 heteroatoms. The maximum Gasteiger partial charge on any atom is 0.255 e. The number of carbonyl (C=O) groups excluding carboxylic acids is 1. The van der Waals surface area contributed by atoms with Crippen LogP contribution >= 0.6 is 0 Å². The normalized spacial score (nSPS) is 19.5. The fourth-order valence-corrected chi connectivity index (χ4v) is 3.95. The molecule has 0 aliphatic carbocycles. The second-order valence-electron chi connectivity index (χ2n) is 5.97. The molecule has 1 amide bonds. The number of hydrogen-bond donors (Lipinski definition) is 1. The largest absolute Gasteiger partial charge is 0.337 e. The van der Waals surface area contributed by atoms with Crippen LogP contribution in [0.3, 0.4) is 0 Å². The zero-order chi connectivity index (χ0) is 16.3. The van der Waals surface area contributed by atoms with Crippen LogP contribution in [0.15, 0.2) is 29.2 Å². The highest BCUT2D eigenvalue weighted by Gasteiger charge is 2.29. The summed E-state index contributed by atoms with van der Waals surface area (Å²) in [6.07, 6.45) is 1.96. The molecule has 0 aromatic heterocycles. The van der Waals surface area contributed by atoms with Crippen molar-refractivity contribution in [3.05, 3.63) is 29.8 Å². The minimum atomic E-state index is -3.47. The topological polar surface area (TPSA) is 66.5 Å². The zero-order valence-corrected chi connectivity index (χ0v) is 14.2.